The molecule has 2 fully saturated rings. The predicted octanol–water partition coefficient (Wildman–Crippen LogP) is 1.80. The van der Waals surface area contributed by atoms with Gasteiger partial charge in [0, 0.05) is 45.2 Å². The van der Waals surface area contributed by atoms with Crippen molar-refractivity contribution in [3.05, 3.63) is 35.0 Å². The molecule has 0 aromatic carbocycles. The first-order chi connectivity index (χ1) is 13.4. The van der Waals surface area contributed by atoms with Crippen LogP contribution in [0, 0.1) is 12.8 Å². The molecule has 7 nitrogen and oxygen atoms in total. The Morgan fingerprint density at radius 3 is 2.86 bits per heavy atom. The fraction of sp³-hybridized carbons (Fsp3) is 0.500. The van der Waals surface area contributed by atoms with Crippen LogP contribution >= 0.6 is 11.3 Å². The Balaban J connectivity index is 1.59. The number of fused-ring (bicyclic) bond motifs is 1. The summed E-state index contributed by atoms with van der Waals surface area (Å²) in [6.07, 6.45) is 2.59. The zero-order valence-corrected chi connectivity index (χ0v) is 17.3. The lowest BCUT2D eigenvalue weighted by Gasteiger charge is -2.42. The first-order valence-corrected chi connectivity index (χ1v) is 10.3. The summed E-state index contributed by atoms with van der Waals surface area (Å²) in [6.45, 7) is 6.44. The molecule has 2 aromatic heterocycles. The van der Waals surface area contributed by atoms with Gasteiger partial charge in [-0.05, 0) is 32.5 Å². The number of nitrogens with one attached hydrogen (secondary N) is 1. The van der Waals surface area contributed by atoms with Crippen LogP contribution in [0.15, 0.2) is 24.4 Å². The second kappa shape index (κ2) is 7.25. The van der Waals surface area contributed by atoms with Gasteiger partial charge in [-0.25, -0.2) is 4.98 Å². The van der Waals surface area contributed by atoms with Crippen LogP contribution in [0.3, 0.4) is 0 Å². The molecular formula is C20H25N5O2S. The Hall–Kier alpha value is -2.32. The number of pyridine rings is 1. The molecule has 8 heteroatoms. The van der Waals surface area contributed by atoms with Gasteiger partial charge < -0.3 is 15.1 Å². The molecule has 0 unspecified atom stereocenters. The van der Waals surface area contributed by atoms with Gasteiger partial charge in [-0.3, -0.25) is 14.6 Å². The van der Waals surface area contributed by atoms with E-state index < -0.39 is 0 Å². The smallest absolute Gasteiger partial charge is 0.265 e. The van der Waals surface area contributed by atoms with Crippen molar-refractivity contribution >= 4 is 23.2 Å². The number of hydrogen-bond acceptors (Lipinski definition) is 6. The number of likely N-dealkylation sites (tertiary alicyclic amines) is 2. The molecule has 1 N–H and O–H groups in total. The number of nitrogens with zero attached hydrogens (tertiary/aromatic N) is 4. The molecule has 2 aromatic rings. The van der Waals surface area contributed by atoms with Crippen molar-refractivity contribution in [2.75, 3.05) is 33.2 Å². The summed E-state index contributed by atoms with van der Waals surface area (Å²) >= 11 is 1.39. The summed E-state index contributed by atoms with van der Waals surface area (Å²) in [7, 11) is 2.09. The molecule has 28 heavy (non-hydrogen) atoms. The van der Waals surface area contributed by atoms with Crippen LogP contribution < -0.4 is 5.32 Å². The van der Waals surface area contributed by atoms with E-state index in [9.17, 15) is 9.59 Å². The van der Waals surface area contributed by atoms with Crippen molar-refractivity contribution in [2.45, 2.75) is 25.8 Å². The second-order valence-electron chi connectivity index (χ2n) is 7.88. The van der Waals surface area contributed by atoms with Crippen molar-refractivity contribution in [3.8, 4) is 10.7 Å². The van der Waals surface area contributed by atoms with Crippen molar-refractivity contribution < 1.29 is 9.59 Å². The molecule has 4 rings (SSSR count). The number of aryl methyl sites for hydroxylation is 1. The van der Waals surface area contributed by atoms with Crippen LogP contribution in [0.1, 0.15) is 28.7 Å². The maximum atomic E-state index is 13.3. The van der Waals surface area contributed by atoms with Crippen LogP contribution in [0.2, 0.25) is 0 Å². The van der Waals surface area contributed by atoms with E-state index >= 15 is 0 Å². The summed E-state index contributed by atoms with van der Waals surface area (Å²) in [5.74, 6) is 0.205. The van der Waals surface area contributed by atoms with Gasteiger partial charge in [-0.15, -0.1) is 11.3 Å². The second-order valence-corrected chi connectivity index (χ2v) is 8.88. The van der Waals surface area contributed by atoms with Crippen LogP contribution in [-0.2, 0) is 4.79 Å². The van der Waals surface area contributed by atoms with Crippen LogP contribution in [0.25, 0.3) is 10.7 Å². The van der Waals surface area contributed by atoms with E-state index in [4.69, 9.17) is 0 Å². The van der Waals surface area contributed by atoms with E-state index in [-0.39, 0.29) is 23.3 Å². The summed E-state index contributed by atoms with van der Waals surface area (Å²) in [4.78, 5) is 38.9. The van der Waals surface area contributed by atoms with E-state index in [1.807, 2.05) is 30.0 Å². The fourth-order valence-corrected chi connectivity index (χ4v) is 5.41. The highest BCUT2D eigenvalue weighted by molar-refractivity contribution is 7.17. The number of carbonyl (C=O) groups is 2. The monoisotopic (exact) mass is 399 g/mol. The standard InChI is InChI=1S/C20H25N5O2S/c1-13-17(28-18(22-13)16-6-4-5-8-21-16)19(27)25-11-15-10-24(3)9-7-20(15,12-25)23-14(2)26/h4-6,8,15H,7,9-12H2,1-3H3,(H,23,26)/t15-,20-/m1/s1. The Morgan fingerprint density at radius 1 is 1.32 bits per heavy atom. The Bertz CT molecular complexity index is 899. The normalized spacial score (nSPS) is 24.8. The third-order valence-corrected chi connectivity index (χ3v) is 6.92. The molecule has 2 aliphatic rings. The predicted molar refractivity (Wildman–Crippen MR) is 108 cm³/mol. The number of carbonyl (C=O) groups excluding carboxylic acids is 2. The zero-order chi connectivity index (χ0) is 19.9. The van der Waals surface area contributed by atoms with E-state index in [2.05, 4.69) is 27.2 Å². The number of rotatable bonds is 3. The van der Waals surface area contributed by atoms with Gasteiger partial charge in [0.15, 0.2) is 0 Å². The highest BCUT2D eigenvalue weighted by Gasteiger charge is 2.51. The van der Waals surface area contributed by atoms with Crippen LogP contribution in [0.4, 0.5) is 0 Å². The van der Waals surface area contributed by atoms with Crippen LogP contribution in [-0.4, -0.2) is 70.3 Å². The Morgan fingerprint density at radius 2 is 2.14 bits per heavy atom. The molecule has 4 heterocycles. The van der Waals surface area contributed by atoms with Crippen LogP contribution in [0.5, 0.6) is 0 Å². The Kier molecular flexibility index (Phi) is 4.93. The van der Waals surface area contributed by atoms with Gasteiger partial charge in [0.25, 0.3) is 5.91 Å². The lowest BCUT2D eigenvalue weighted by Crippen LogP contribution is -2.60. The van der Waals surface area contributed by atoms with Crippen molar-refractivity contribution in [1.29, 1.82) is 0 Å². The molecule has 0 radical (unpaired) electrons. The lowest BCUT2D eigenvalue weighted by atomic mass is 9.80. The minimum atomic E-state index is -0.323. The van der Waals surface area contributed by atoms with E-state index in [1.165, 1.54) is 11.3 Å². The molecule has 0 aliphatic carbocycles. The third-order valence-electron chi connectivity index (χ3n) is 5.75. The zero-order valence-electron chi connectivity index (χ0n) is 16.4. The van der Waals surface area contributed by atoms with Crippen molar-refractivity contribution in [1.82, 2.24) is 25.1 Å². The molecule has 0 bridgehead atoms. The van der Waals surface area contributed by atoms with E-state index in [0.717, 1.165) is 35.9 Å². The first-order valence-electron chi connectivity index (χ1n) is 9.53. The van der Waals surface area contributed by atoms with Gasteiger partial charge in [-0.1, -0.05) is 6.07 Å². The molecule has 0 spiro atoms. The number of hydrogen-bond donors (Lipinski definition) is 1. The van der Waals surface area contributed by atoms with Crippen molar-refractivity contribution in [3.63, 3.8) is 0 Å². The van der Waals surface area contributed by atoms with Gasteiger partial charge in [0.1, 0.15) is 9.88 Å². The van der Waals surface area contributed by atoms with E-state index in [0.29, 0.717) is 18.0 Å². The topological polar surface area (TPSA) is 78.4 Å². The third kappa shape index (κ3) is 3.42. The average Bonchev–Trinajstić information content (AvgIpc) is 3.22. The SMILES string of the molecule is CC(=O)N[C@@]12CCN(C)C[C@@H]1CN(C(=O)c1sc(-c3ccccn3)nc1C)C2. The van der Waals surface area contributed by atoms with Gasteiger partial charge >= 0.3 is 0 Å². The largest absolute Gasteiger partial charge is 0.349 e. The number of thiazole rings is 1. The first kappa shape index (κ1) is 19.0. The molecular weight excluding hydrogens is 374 g/mol. The number of aromatic nitrogens is 2. The summed E-state index contributed by atoms with van der Waals surface area (Å²) in [5.41, 5.74) is 1.19. The quantitative estimate of drug-likeness (QED) is 0.851. The number of piperidine rings is 1. The summed E-state index contributed by atoms with van der Waals surface area (Å²) < 4.78 is 0. The Labute approximate surface area is 168 Å². The van der Waals surface area contributed by atoms with Gasteiger partial charge in [0.05, 0.1) is 16.9 Å². The maximum Gasteiger partial charge on any atom is 0.265 e. The lowest BCUT2D eigenvalue weighted by molar-refractivity contribution is -0.121. The molecule has 0 saturated carbocycles. The van der Waals surface area contributed by atoms with Gasteiger partial charge in [-0.2, -0.15) is 0 Å². The average molecular weight is 400 g/mol. The maximum absolute atomic E-state index is 13.3. The highest BCUT2D eigenvalue weighted by atomic mass is 32.1. The van der Waals surface area contributed by atoms with E-state index in [1.54, 1.807) is 13.1 Å². The summed E-state index contributed by atoms with van der Waals surface area (Å²) in [6, 6.07) is 5.68. The fourth-order valence-electron chi connectivity index (χ4n) is 4.40. The highest BCUT2D eigenvalue weighted by Crippen LogP contribution is 2.37. The molecule has 2 atom stereocenters. The molecule has 2 aliphatic heterocycles. The molecule has 2 saturated heterocycles. The van der Waals surface area contributed by atoms with Crippen molar-refractivity contribution in [2.24, 2.45) is 5.92 Å². The minimum absolute atomic E-state index is 0.000962. The van der Waals surface area contributed by atoms with Gasteiger partial charge in [0.2, 0.25) is 5.91 Å². The number of amides is 2. The molecule has 148 valence electrons. The molecule has 2 amide bonds. The minimum Gasteiger partial charge on any atom is -0.349 e. The summed E-state index contributed by atoms with van der Waals surface area (Å²) in [5, 5.41) is 3.94.